The predicted octanol–water partition coefficient (Wildman–Crippen LogP) is 0.683. The maximum Gasteiger partial charge on any atom is 0.417 e. The number of nitrogens with zero attached hydrogens (tertiary/aromatic N) is 1. The van der Waals surface area contributed by atoms with Crippen molar-refractivity contribution in [3.63, 3.8) is 0 Å². The molecule has 2 rings (SSSR count). The van der Waals surface area contributed by atoms with Crippen molar-refractivity contribution in [3.8, 4) is 0 Å². The van der Waals surface area contributed by atoms with Crippen LogP contribution in [0.4, 0.5) is 4.79 Å². The van der Waals surface area contributed by atoms with E-state index < -0.39 is 41.2 Å². The molecule has 0 aromatic carbocycles. The van der Waals surface area contributed by atoms with Crippen LogP contribution in [0.1, 0.15) is 40.0 Å². The maximum atomic E-state index is 12.4. The van der Waals surface area contributed by atoms with Gasteiger partial charge in [-0.05, 0) is 20.8 Å². The number of carboxylic acids is 1. The Balaban J connectivity index is 2.30. The van der Waals surface area contributed by atoms with Gasteiger partial charge in [0.1, 0.15) is 11.6 Å². The normalized spacial score (nSPS) is 28.9. The molecule has 1 spiro atoms. The second-order valence-electron chi connectivity index (χ2n) is 6.18. The molecule has 0 bridgehead atoms. The van der Waals surface area contributed by atoms with E-state index in [2.05, 4.69) is 0 Å². The van der Waals surface area contributed by atoms with Crippen molar-refractivity contribution in [3.05, 3.63) is 0 Å². The van der Waals surface area contributed by atoms with E-state index in [9.17, 15) is 24.3 Å². The zero-order valence-electron chi connectivity index (χ0n) is 12.0. The average molecular weight is 299 g/mol. The van der Waals surface area contributed by atoms with Crippen LogP contribution in [0.5, 0.6) is 0 Å². The summed E-state index contributed by atoms with van der Waals surface area (Å²) >= 11 is 0. The lowest BCUT2D eigenvalue weighted by molar-refractivity contribution is -0.158. The second-order valence-corrected chi connectivity index (χ2v) is 6.18. The molecule has 21 heavy (non-hydrogen) atoms. The molecule has 1 N–H and O–H groups in total. The Bertz CT molecular complexity index is 521. The van der Waals surface area contributed by atoms with E-state index in [4.69, 9.17) is 9.47 Å². The van der Waals surface area contributed by atoms with Crippen molar-refractivity contribution in [2.45, 2.75) is 57.3 Å². The van der Waals surface area contributed by atoms with E-state index >= 15 is 0 Å². The fourth-order valence-electron chi connectivity index (χ4n) is 2.49. The number of rotatable bonds is 1. The largest absolute Gasteiger partial charge is 0.480 e. The third-order valence-corrected chi connectivity index (χ3v) is 3.36. The standard InChI is InChI=1S/C13H17NO7/c1-12(2,3)21-11(19)14-7(9(16)17)6-13(10(14)18)5-4-8(15)20-13/h7H,4-6H2,1-3H3,(H,16,17)/t7-,13-/m0/s1. The molecule has 2 heterocycles. The molecule has 0 aromatic heterocycles. The minimum Gasteiger partial charge on any atom is -0.480 e. The number of esters is 1. The molecule has 0 unspecified atom stereocenters. The summed E-state index contributed by atoms with van der Waals surface area (Å²) in [6.45, 7) is 4.81. The molecule has 2 saturated heterocycles. The number of amides is 2. The Hall–Kier alpha value is -2.12. The highest BCUT2D eigenvalue weighted by atomic mass is 16.6. The number of aliphatic carboxylic acids is 1. The summed E-state index contributed by atoms with van der Waals surface area (Å²) in [5.41, 5.74) is -2.42. The number of ether oxygens (including phenoxy) is 2. The minimum atomic E-state index is -1.54. The lowest BCUT2D eigenvalue weighted by atomic mass is 9.96. The van der Waals surface area contributed by atoms with E-state index in [1.807, 2.05) is 0 Å². The van der Waals surface area contributed by atoms with Crippen LogP contribution < -0.4 is 0 Å². The SMILES string of the molecule is CC(C)(C)OC(=O)N1C(=O)[C@]2(CCC(=O)O2)C[C@H]1C(=O)O. The minimum absolute atomic E-state index is 0.0280. The summed E-state index contributed by atoms with van der Waals surface area (Å²) in [6.07, 6.45) is -1.18. The van der Waals surface area contributed by atoms with Gasteiger partial charge in [-0.3, -0.25) is 9.59 Å². The fourth-order valence-corrected chi connectivity index (χ4v) is 2.49. The van der Waals surface area contributed by atoms with E-state index in [1.165, 1.54) is 0 Å². The molecule has 2 aliphatic heterocycles. The highest BCUT2D eigenvalue weighted by Crippen LogP contribution is 2.40. The third kappa shape index (κ3) is 2.70. The summed E-state index contributed by atoms with van der Waals surface area (Å²) in [4.78, 5) is 47.6. The van der Waals surface area contributed by atoms with Crippen molar-refractivity contribution in [1.82, 2.24) is 4.90 Å². The molecule has 8 nitrogen and oxygen atoms in total. The molecule has 8 heteroatoms. The number of carbonyl (C=O) groups excluding carboxylic acids is 3. The topological polar surface area (TPSA) is 110 Å². The van der Waals surface area contributed by atoms with Crippen LogP contribution in [0.3, 0.4) is 0 Å². The van der Waals surface area contributed by atoms with Gasteiger partial charge in [-0.25, -0.2) is 14.5 Å². The Morgan fingerprint density at radius 3 is 2.43 bits per heavy atom. The first-order valence-corrected chi connectivity index (χ1v) is 6.57. The van der Waals surface area contributed by atoms with Gasteiger partial charge in [0.25, 0.3) is 5.91 Å². The van der Waals surface area contributed by atoms with Gasteiger partial charge in [0.05, 0.1) is 0 Å². The highest BCUT2D eigenvalue weighted by molar-refractivity contribution is 6.05. The number of hydrogen-bond acceptors (Lipinski definition) is 6. The van der Waals surface area contributed by atoms with E-state index in [0.29, 0.717) is 4.90 Å². The highest BCUT2D eigenvalue weighted by Gasteiger charge is 2.61. The summed E-state index contributed by atoms with van der Waals surface area (Å²) in [7, 11) is 0. The molecule has 2 atom stereocenters. The van der Waals surface area contributed by atoms with Gasteiger partial charge in [0, 0.05) is 19.3 Å². The number of hydrogen-bond donors (Lipinski definition) is 1. The van der Waals surface area contributed by atoms with E-state index in [1.54, 1.807) is 20.8 Å². The number of likely N-dealkylation sites (tertiary alicyclic amines) is 1. The van der Waals surface area contributed by atoms with Crippen molar-refractivity contribution in [1.29, 1.82) is 0 Å². The average Bonchev–Trinajstić information content (AvgIpc) is 2.80. The van der Waals surface area contributed by atoms with Gasteiger partial charge in [0.2, 0.25) is 0 Å². The summed E-state index contributed by atoms with van der Waals surface area (Å²) in [5, 5.41) is 9.22. The molecule has 0 aliphatic carbocycles. The van der Waals surface area contributed by atoms with Gasteiger partial charge in [-0.15, -0.1) is 0 Å². The van der Waals surface area contributed by atoms with Crippen LogP contribution in [0, 0.1) is 0 Å². The Morgan fingerprint density at radius 1 is 1.38 bits per heavy atom. The molecule has 2 amide bonds. The maximum absolute atomic E-state index is 12.4. The molecule has 116 valence electrons. The summed E-state index contributed by atoms with van der Waals surface area (Å²) < 4.78 is 10.1. The molecule has 2 aliphatic rings. The van der Waals surface area contributed by atoms with E-state index in [0.717, 1.165) is 0 Å². The quantitative estimate of drug-likeness (QED) is 0.709. The number of carbonyl (C=O) groups is 4. The van der Waals surface area contributed by atoms with Crippen LogP contribution in [0.25, 0.3) is 0 Å². The lowest BCUT2D eigenvalue weighted by Gasteiger charge is -2.26. The van der Waals surface area contributed by atoms with Gasteiger partial charge in [-0.1, -0.05) is 0 Å². The molecule has 2 fully saturated rings. The van der Waals surface area contributed by atoms with Crippen molar-refractivity contribution in [2.24, 2.45) is 0 Å². The van der Waals surface area contributed by atoms with Gasteiger partial charge < -0.3 is 14.6 Å². The first kappa shape index (κ1) is 15.3. The van der Waals surface area contributed by atoms with Crippen molar-refractivity contribution in [2.75, 3.05) is 0 Å². The first-order valence-electron chi connectivity index (χ1n) is 6.57. The Kier molecular flexibility index (Phi) is 3.43. The molecular formula is C13H17NO7. The predicted molar refractivity (Wildman–Crippen MR) is 67.2 cm³/mol. The third-order valence-electron chi connectivity index (χ3n) is 3.36. The van der Waals surface area contributed by atoms with Crippen LogP contribution in [-0.4, -0.2) is 51.2 Å². The van der Waals surface area contributed by atoms with Crippen molar-refractivity contribution >= 4 is 23.9 Å². The van der Waals surface area contributed by atoms with Gasteiger partial charge in [0.15, 0.2) is 5.60 Å². The van der Waals surface area contributed by atoms with E-state index in [-0.39, 0.29) is 19.3 Å². The lowest BCUT2D eigenvalue weighted by Crippen LogP contribution is -2.47. The number of carboxylic acid groups (broad SMARTS) is 1. The van der Waals surface area contributed by atoms with Crippen LogP contribution in [0.2, 0.25) is 0 Å². The molecule has 0 aromatic rings. The van der Waals surface area contributed by atoms with Gasteiger partial charge >= 0.3 is 18.0 Å². The summed E-state index contributed by atoms with van der Waals surface area (Å²) in [5.74, 6) is -2.73. The van der Waals surface area contributed by atoms with Crippen LogP contribution >= 0.6 is 0 Å². The molecule has 0 radical (unpaired) electrons. The fraction of sp³-hybridized carbons (Fsp3) is 0.692. The van der Waals surface area contributed by atoms with Gasteiger partial charge in [-0.2, -0.15) is 0 Å². The monoisotopic (exact) mass is 299 g/mol. The smallest absolute Gasteiger partial charge is 0.417 e. The van der Waals surface area contributed by atoms with Crippen LogP contribution in [0.15, 0.2) is 0 Å². The Morgan fingerprint density at radius 2 is 2.00 bits per heavy atom. The summed E-state index contributed by atoms with van der Waals surface area (Å²) in [6, 6.07) is -1.39. The number of imide groups is 1. The zero-order chi connectivity index (χ0) is 16.0. The zero-order valence-corrected chi connectivity index (χ0v) is 12.0. The second kappa shape index (κ2) is 4.71. The molecular weight excluding hydrogens is 282 g/mol. The Labute approximate surface area is 121 Å². The van der Waals surface area contributed by atoms with Crippen LogP contribution in [-0.2, 0) is 23.9 Å². The van der Waals surface area contributed by atoms with Crippen molar-refractivity contribution < 1.29 is 33.8 Å². The first-order chi connectivity index (χ1) is 9.56. The molecule has 0 saturated carbocycles.